The van der Waals surface area contributed by atoms with E-state index in [0.717, 1.165) is 4.57 Å². The second-order valence-corrected chi connectivity index (χ2v) is 8.97. The number of ether oxygens (including phenoxy) is 1. The predicted molar refractivity (Wildman–Crippen MR) is 131 cm³/mol. The fraction of sp³-hybridized carbons (Fsp3) is 0.240. The van der Waals surface area contributed by atoms with Crippen molar-refractivity contribution in [3.63, 3.8) is 0 Å². The van der Waals surface area contributed by atoms with Gasteiger partial charge in [-0.1, -0.05) is 11.6 Å². The molecule has 0 radical (unpaired) electrons. The summed E-state index contributed by atoms with van der Waals surface area (Å²) in [6.07, 6.45) is 3.51. The highest BCUT2D eigenvalue weighted by atomic mass is 35.5. The van der Waals surface area contributed by atoms with Gasteiger partial charge in [-0.15, -0.1) is 0 Å². The molecule has 0 saturated carbocycles. The summed E-state index contributed by atoms with van der Waals surface area (Å²) in [6.45, 7) is 3.09. The van der Waals surface area contributed by atoms with Gasteiger partial charge in [0, 0.05) is 30.1 Å². The number of aromatic nitrogens is 5. The number of halogens is 3. The molecular weight excluding hydrogens is 508 g/mol. The van der Waals surface area contributed by atoms with Crippen LogP contribution in [0.3, 0.4) is 0 Å². The van der Waals surface area contributed by atoms with E-state index in [1.165, 1.54) is 49.9 Å². The number of rotatable bonds is 6. The Bertz CT molecular complexity index is 1720. The molecule has 0 saturated heterocycles. The number of pyridine rings is 3. The van der Waals surface area contributed by atoms with Gasteiger partial charge in [0.25, 0.3) is 11.1 Å². The lowest BCUT2D eigenvalue weighted by Crippen LogP contribution is -2.31. The van der Waals surface area contributed by atoms with E-state index in [-0.39, 0.29) is 22.9 Å². The molecule has 0 amide bonds. The van der Waals surface area contributed by atoms with Gasteiger partial charge in [0.2, 0.25) is 5.88 Å². The van der Waals surface area contributed by atoms with Crippen molar-refractivity contribution in [1.29, 1.82) is 0 Å². The third kappa shape index (κ3) is 5.13. The van der Waals surface area contributed by atoms with E-state index in [2.05, 4.69) is 15.0 Å². The summed E-state index contributed by atoms with van der Waals surface area (Å²) in [5.41, 5.74) is -2.73. The van der Waals surface area contributed by atoms with Crippen LogP contribution in [0.4, 0.5) is 8.78 Å². The molecule has 0 aliphatic rings. The average molecular weight is 532 g/mol. The van der Waals surface area contributed by atoms with Crippen LogP contribution in [0.15, 0.2) is 52.4 Å². The summed E-state index contributed by atoms with van der Waals surface area (Å²) in [7, 11) is 0. The molecule has 12 heteroatoms. The van der Waals surface area contributed by atoms with E-state index in [1.807, 2.05) is 0 Å². The average Bonchev–Trinajstić information content (AvgIpc) is 2.82. The monoisotopic (exact) mass is 531 g/mol. The van der Waals surface area contributed by atoms with Crippen LogP contribution in [-0.4, -0.2) is 29.2 Å². The second-order valence-electron chi connectivity index (χ2n) is 8.59. The van der Waals surface area contributed by atoms with Crippen LogP contribution in [0.25, 0.3) is 11.5 Å². The molecular formula is C25H22ClF2N5O4. The van der Waals surface area contributed by atoms with Gasteiger partial charge >= 0.3 is 0 Å². The number of nitrogens with zero attached hydrogens (tertiary/aromatic N) is 5. The maximum absolute atomic E-state index is 14.1. The van der Waals surface area contributed by atoms with Crippen LogP contribution >= 0.6 is 11.6 Å². The van der Waals surface area contributed by atoms with Crippen LogP contribution in [0.5, 0.6) is 5.88 Å². The molecule has 0 fully saturated rings. The molecule has 1 N–H and O–H groups in total. The van der Waals surface area contributed by atoms with Gasteiger partial charge in [-0.2, -0.15) is 4.98 Å². The minimum atomic E-state index is -2.95. The maximum Gasteiger partial charge on any atom is 0.280 e. The minimum Gasteiger partial charge on any atom is -0.470 e. The lowest BCUT2D eigenvalue weighted by Gasteiger charge is -2.19. The van der Waals surface area contributed by atoms with Gasteiger partial charge in [-0.3, -0.25) is 23.7 Å². The summed E-state index contributed by atoms with van der Waals surface area (Å²) in [4.78, 5) is 38.1. The van der Waals surface area contributed by atoms with E-state index < -0.39 is 51.5 Å². The number of aliphatic hydroxyl groups is 1. The lowest BCUT2D eigenvalue weighted by atomic mass is 10.0. The van der Waals surface area contributed by atoms with Gasteiger partial charge < -0.3 is 9.84 Å². The Hall–Kier alpha value is -3.96. The topological polar surface area (TPSA) is 112 Å². The highest BCUT2D eigenvalue weighted by molar-refractivity contribution is 6.31. The molecule has 4 aromatic rings. The van der Waals surface area contributed by atoms with Gasteiger partial charge in [0.05, 0.1) is 20.2 Å². The van der Waals surface area contributed by atoms with E-state index >= 15 is 0 Å². The second kappa shape index (κ2) is 9.83. The normalized spacial score (nSPS) is 12.8. The minimum absolute atomic E-state index is 0.0144. The van der Waals surface area contributed by atoms with E-state index in [4.69, 9.17) is 19.1 Å². The largest absolute Gasteiger partial charge is 0.470 e. The van der Waals surface area contributed by atoms with Crippen LogP contribution in [0.2, 0.25) is 5.02 Å². The molecule has 0 aromatic carbocycles. The molecule has 4 aromatic heterocycles. The zero-order valence-corrected chi connectivity index (χ0v) is 20.8. The molecule has 37 heavy (non-hydrogen) atoms. The molecule has 0 spiro atoms. The molecule has 0 aliphatic heterocycles. The van der Waals surface area contributed by atoms with Crippen molar-refractivity contribution in [3.8, 4) is 17.4 Å². The van der Waals surface area contributed by atoms with Crippen molar-refractivity contribution in [2.75, 3.05) is 0 Å². The third-order valence-corrected chi connectivity index (χ3v) is 5.70. The van der Waals surface area contributed by atoms with Crippen molar-refractivity contribution >= 4 is 11.6 Å². The number of hydrogen-bond acceptors (Lipinski definition) is 7. The van der Waals surface area contributed by atoms with E-state index in [0.29, 0.717) is 17.8 Å². The Labute approximate surface area is 217 Å². The Kier molecular flexibility index (Phi) is 6.23. The van der Waals surface area contributed by atoms with Crippen LogP contribution in [0, 0.1) is 25.5 Å². The quantitative estimate of drug-likeness (QED) is 0.405. The first-order valence-electron chi connectivity index (χ1n) is 11.8. The van der Waals surface area contributed by atoms with Crippen molar-refractivity contribution in [2.24, 2.45) is 0 Å². The number of aryl methyl sites for hydroxylation is 2. The molecule has 192 valence electrons. The molecule has 0 bridgehead atoms. The fourth-order valence-electron chi connectivity index (χ4n) is 3.54. The summed E-state index contributed by atoms with van der Waals surface area (Å²) in [6, 6.07) is 4.96. The van der Waals surface area contributed by atoms with Crippen molar-refractivity contribution in [2.45, 2.75) is 39.9 Å². The van der Waals surface area contributed by atoms with Crippen molar-refractivity contribution < 1.29 is 21.4 Å². The first-order valence-corrected chi connectivity index (χ1v) is 11.2. The molecule has 9 nitrogen and oxygen atoms in total. The van der Waals surface area contributed by atoms with Gasteiger partial charge in [-0.05, 0) is 45.4 Å². The predicted octanol–water partition coefficient (Wildman–Crippen LogP) is 3.53. The van der Waals surface area contributed by atoms with Crippen LogP contribution < -0.4 is 15.9 Å². The third-order valence-electron chi connectivity index (χ3n) is 5.37. The van der Waals surface area contributed by atoms with Gasteiger partial charge in [0.1, 0.15) is 29.7 Å². The summed E-state index contributed by atoms with van der Waals surface area (Å²) in [5, 5.41) is 9.73. The molecule has 4 rings (SSSR count). The van der Waals surface area contributed by atoms with Crippen LogP contribution in [0.1, 0.15) is 39.2 Å². The molecule has 4 heterocycles. The smallest absolute Gasteiger partial charge is 0.280 e. The van der Waals surface area contributed by atoms with Crippen molar-refractivity contribution in [1.82, 2.24) is 24.1 Å². The lowest BCUT2D eigenvalue weighted by molar-refractivity contribution is 0.0767. The zero-order chi connectivity index (χ0) is 28.9. The molecule has 0 aliphatic carbocycles. The van der Waals surface area contributed by atoms with E-state index in [1.54, 1.807) is 13.0 Å². The SMILES string of the molecule is [2H]C([2H])(Oc1nc(C)n(-c2cc(-n3cccc(C(C)(C)O)c3=O)ncc2C)c(=O)c1Cl)c1ncc(F)cc1F. The first-order chi connectivity index (χ1) is 18.1. The Morgan fingerprint density at radius 2 is 1.89 bits per heavy atom. The highest BCUT2D eigenvalue weighted by Gasteiger charge is 2.22. The highest BCUT2D eigenvalue weighted by Crippen LogP contribution is 2.23. The van der Waals surface area contributed by atoms with E-state index in [9.17, 15) is 23.5 Å². The standard InChI is InChI=1S/C25H22ClF2N5O4/c1-13-10-30-20(32-7-5-6-16(23(32)34)25(3,4)36)9-19(13)33-14(2)31-22(21(26)24(33)35)37-12-18-17(28)8-15(27)11-29-18/h5-11,36H,12H2,1-4H3/i12D2. The van der Waals surface area contributed by atoms with Crippen LogP contribution in [-0.2, 0) is 12.2 Å². The summed E-state index contributed by atoms with van der Waals surface area (Å²) in [5.74, 6) is -2.79. The van der Waals surface area contributed by atoms with Gasteiger partial charge in [0.15, 0.2) is 10.8 Å². The number of hydrogen-bond donors (Lipinski definition) is 1. The zero-order valence-electron chi connectivity index (χ0n) is 22.1. The molecule has 0 unspecified atom stereocenters. The Morgan fingerprint density at radius 3 is 2.57 bits per heavy atom. The van der Waals surface area contributed by atoms with Gasteiger partial charge in [-0.25, -0.2) is 13.8 Å². The fourth-order valence-corrected chi connectivity index (χ4v) is 3.70. The Balaban J connectivity index is 1.81. The summed E-state index contributed by atoms with van der Waals surface area (Å²) >= 11 is 6.22. The first kappa shape index (κ1) is 23.4. The maximum atomic E-state index is 14.1. The van der Waals surface area contributed by atoms with Crippen molar-refractivity contribution in [3.05, 3.63) is 103 Å². The summed E-state index contributed by atoms with van der Waals surface area (Å²) < 4.78 is 51.0. The molecule has 0 atom stereocenters. The Morgan fingerprint density at radius 1 is 1.16 bits per heavy atom.